The summed E-state index contributed by atoms with van der Waals surface area (Å²) in [5.41, 5.74) is 2.06. The van der Waals surface area contributed by atoms with Gasteiger partial charge in [-0.3, -0.25) is 4.68 Å². The number of hydrogen-bond donors (Lipinski definition) is 2. The standard InChI is InChI=1S/C21H19F3N6O/c1-21(2)20(25)11-7-17(26-15(11)9-31-21)30-16-8-29(3)28-19(16)14(27-30)6-10-12(22)4-5-13(23)18(10)24/h4-5,7-8,25-26H,6,9H2,1-3H3. The van der Waals surface area contributed by atoms with Gasteiger partial charge in [-0.1, -0.05) is 0 Å². The smallest absolute Gasteiger partial charge is 0.165 e. The Morgan fingerprint density at radius 3 is 2.71 bits per heavy atom. The highest BCUT2D eigenvalue weighted by Crippen LogP contribution is 2.31. The van der Waals surface area contributed by atoms with Crippen molar-refractivity contribution in [1.82, 2.24) is 24.5 Å². The first-order valence-electron chi connectivity index (χ1n) is 9.65. The van der Waals surface area contributed by atoms with E-state index in [0.717, 1.165) is 23.4 Å². The number of aryl methyl sites for hydroxylation is 1. The molecule has 0 atom stereocenters. The summed E-state index contributed by atoms with van der Waals surface area (Å²) in [7, 11) is 1.73. The molecule has 0 saturated heterocycles. The average molecular weight is 428 g/mol. The molecule has 1 aliphatic heterocycles. The molecule has 0 saturated carbocycles. The number of nitrogens with zero attached hydrogens (tertiary/aromatic N) is 4. The molecule has 0 spiro atoms. The number of benzene rings is 1. The molecule has 1 aromatic carbocycles. The third-order valence-corrected chi connectivity index (χ3v) is 5.58. The highest BCUT2D eigenvalue weighted by Gasteiger charge is 2.34. The Bertz CT molecular complexity index is 1360. The van der Waals surface area contributed by atoms with Gasteiger partial charge in [0.1, 0.15) is 28.3 Å². The molecule has 2 N–H and O–H groups in total. The van der Waals surface area contributed by atoms with E-state index in [1.54, 1.807) is 28.7 Å². The number of aromatic amines is 1. The van der Waals surface area contributed by atoms with Crippen molar-refractivity contribution < 1.29 is 17.9 Å². The van der Waals surface area contributed by atoms with Crippen LogP contribution in [0.25, 0.3) is 16.9 Å². The Balaban J connectivity index is 1.63. The van der Waals surface area contributed by atoms with Gasteiger partial charge in [0, 0.05) is 24.6 Å². The molecule has 0 amide bonds. The molecule has 31 heavy (non-hydrogen) atoms. The van der Waals surface area contributed by atoms with Crippen molar-refractivity contribution >= 4 is 16.7 Å². The van der Waals surface area contributed by atoms with Crippen molar-refractivity contribution in [3.8, 4) is 5.82 Å². The lowest BCUT2D eigenvalue weighted by Gasteiger charge is -2.30. The van der Waals surface area contributed by atoms with Crippen LogP contribution in [0.15, 0.2) is 24.4 Å². The molecule has 7 nitrogen and oxygen atoms in total. The van der Waals surface area contributed by atoms with Gasteiger partial charge in [0.2, 0.25) is 0 Å². The first kappa shape index (κ1) is 19.6. The minimum absolute atomic E-state index is 0.262. The van der Waals surface area contributed by atoms with Crippen LogP contribution in [0.3, 0.4) is 0 Å². The highest BCUT2D eigenvalue weighted by molar-refractivity contribution is 6.06. The molecule has 0 aliphatic carbocycles. The van der Waals surface area contributed by atoms with Gasteiger partial charge in [-0.05, 0) is 32.0 Å². The topological polar surface area (TPSA) is 84.5 Å². The predicted octanol–water partition coefficient (Wildman–Crippen LogP) is 3.77. The average Bonchev–Trinajstić information content (AvgIpc) is 3.39. The van der Waals surface area contributed by atoms with E-state index in [1.807, 2.05) is 13.8 Å². The van der Waals surface area contributed by atoms with E-state index in [1.165, 1.54) is 0 Å². The van der Waals surface area contributed by atoms with E-state index in [4.69, 9.17) is 10.1 Å². The Hall–Kier alpha value is -3.40. The van der Waals surface area contributed by atoms with Crippen LogP contribution in [0.4, 0.5) is 13.2 Å². The van der Waals surface area contributed by atoms with Gasteiger partial charge < -0.3 is 15.1 Å². The van der Waals surface area contributed by atoms with E-state index < -0.39 is 28.6 Å². The number of fused-ring (bicyclic) bond motifs is 2. The van der Waals surface area contributed by atoms with Crippen molar-refractivity contribution in [2.45, 2.75) is 32.5 Å². The van der Waals surface area contributed by atoms with E-state index in [2.05, 4.69) is 15.2 Å². The zero-order valence-corrected chi connectivity index (χ0v) is 17.1. The maximum absolute atomic E-state index is 14.2. The summed E-state index contributed by atoms with van der Waals surface area (Å²) in [5.74, 6) is -2.63. The zero-order chi connectivity index (χ0) is 22.1. The summed E-state index contributed by atoms with van der Waals surface area (Å²) in [6.07, 6.45) is 1.47. The summed E-state index contributed by atoms with van der Waals surface area (Å²) in [6, 6.07) is 3.45. The summed E-state index contributed by atoms with van der Waals surface area (Å²) in [4.78, 5) is 3.22. The quantitative estimate of drug-likeness (QED) is 0.487. The van der Waals surface area contributed by atoms with Crippen LogP contribution >= 0.6 is 0 Å². The maximum Gasteiger partial charge on any atom is 0.165 e. The second kappa shape index (κ2) is 6.55. The number of aromatic nitrogens is 5. The van der Waals surface area contributed by atoms with Crippen LogP contribution in [-0.4, -0.2) is 35.9 Å². The molecular weight excluding hydrogens is 409 g/mol. The fourth-order valence-corrected chi connectivity index (χ4v) is 3.84. The van der Waals surface area contributed by atoms with Crippen LogP contribution in [0, 0.1) is 22.9 Å². The van der Waals surface area contributed by atoms with Crippen molar-refractivity contribution in [1.29, 1.82) is 5.41 Å². The molecule has 160 valence electrons. The highest BCUT2D eigenvalue weighted by atomic mass is 19.2. The van der Waals surface area contributed by atoms with Crippen LogP contribution < -0.4 is 0 Å². The summed E-state index contributed by atoms with van der Waals surface area (Å²) >= 11 is 0. The van der Waals surface area contributed by atoms with Crippen molar-refractivity contribution in [3.05, 3.63) is 64.4 Å². The predicted molar refractivity (Wildman–Crippen MR) is 107 cm³/mol. The van der Waals surface area contributed by atoms with Gasteiger partial charge in [0.15, 0.2) is 11.6 Å². The number of halogens is 3. The van der Waals surface area contributed by atoms with Crippen molar-refractivity contribution in [2.75, 3.05) is 0 Å². The first-order chi connectivity index (χ1) is 14.7. The largest absolute Gasteiger partial charge is 0.363 e. The van der Waals surface area contributed by atoms with E-state index in [0.29, 0.717) is 34.9 Å². The second-order valence-corrected chi connectivity index (χ2v) is 8.11. The molecule has 4 heterocycles. The number of rotatable bonds is 3. The molecule has 0 radical (unpaired) electrons. The van der Waals surface area contributed by atoms with E-state index in [9.17, 15) is 13.2 Å². The Morgan fingerprint density at radius 1 is 1.19 bits per heavy atom. The maximum atomic E-state index is 14.2. The third-order valence-electron chi connectivity index (χ3n) is 5.58. The lowest BCUT2D eigenvalue weighted by Crippen LogP contribution is -2.38. The molecule has 5 rings (SSSR count). The number of nitrogens with one attached hydrogen (secondary N) is 2. The number of H-pyrrole nitrogens is 1. The van der Waals surface area contributed by atoms with Gasteiger partial charge in [0.25, 0.3) is 0 Å². The summed E-state index contributed by atoms with van der Waals surface area (Å²) in [5, 5.41) is 17.3. The summed E-state index contributed by atoms with van der Waals surface area (Å²) < 4.78 is 51.0. The lowest BCUT2D eigenvalue weighted by atomic mass is 9.93. The minimum Gasteiger partial charge on any atom is -0.363 e. The van der Waals surface area contributed by atoms with Crippen LogP contribution in [0.1, 0.15) is 36.4 Å². The molecule has 0 unspecified atom stereocenters. The van der Waals surface area contributed by atoms with Crippen LogP contribution in [-0.2, 0) is 24.8 Å². The molecule has 4 aromatic rings. The monoisotopic (exact) mass is 428 g/mol. The van der Waals surface area contributed by atoms with Gasteiger partial charge in [-0.15, -0.1) is 0 Å². The number of hydrogen-bond acceptors (Lipinski definition) is 4. The molecule has 0 fully saturated rings. The van der Waals surface area contributed by atoms with E-state index in [-0.39, 0.29) is 6.42 Å². The number of ether oxygens (including phenoxy) is 1. The second-order valence-electron chi connectivity index (χ2n) is 8.11. The van der Waals surface area contributed by atoms with E-state index >= 15 is 0 Å². The van der Waals surface area contributed by atoms with Crippen LogP contribution in [0.2, 0.25) is 0 Å². The summed E-state index contributed by atoms with van der Waals surface area (Å²) in [6.45, 7) is 3.98. The molecule has 10 heteroatoms. The SMILES string of the molecule is Cn1cc2c(n1)c(Cc1c(F)ccc(F)c1F)nn2-c1cc2c([nH]1)COC(C)(C)C2=N. The van der Waals surface area contributed by atoms with Gasteiger partial charge in [-0.25, -0.2) is 17.9 Å². The Morgan fingerprint density at radius 2 is 1.94 bits per heavy atom. The van der Waals surface area contributed by atoms with Gasteiger partial charge >= 0.3 is 0 Å². The van der Waals surface area contributed by atoms with Crippen LogP contribution in [0.5, 0.6) is 0 Å². The molecule has 1 aliphatic rings. The Kier molecular flexibility index (Phi) is 4.13. The molecule has 3 aromatic heterocycles. The Labute approximate surface area is 174 Å². The molecule has 0 bridgehead atoms. The molecular formula is C21H19F3N6O. The van der Waals surface area contributed by atoms with Gasteiger partial charge in [-0.2, -0.15) is 10.2 Å². The fraction of sp³-hybridized carbons (Fsp3) is 0.286. The lowest BCUT2D eigenvalue weighted by molar-refractivity contribution is 0.0143. The minimum atomic E-state index is -1.23. The normalized spacial score (nSPS) is 15.6. The van der Waals surface area contributed by atoms with Crippen molar-refractivity contribution in [2.24, 2.45) is 7.05 Å². The first-order valence-corrected chi connectivity index (χ1v) is 9.65. The van der Waals surface area contributed by atoms with Gasteiger partial charge in [0.05, 0.1) is 29.9 Å². The fourth-order valence-electron chi connectivity index (χ4n) is 3.84. The zero-order valence-electron chi connectivity index (χ0n) is 17.1. The van der Waals surface area contributed by atoms with Crippen molar-refractivity contribution in [3.63, 3.8) is 0 Å². The third kappa shape index (κ3) is 2.97.